The van der Waals surface area contributed by atoms with Crippen LogP contribution < -0.4 is 5.32 Å². The number of nitrogens with one attached hydrogen (secondary N) is 1. The molecule has 0 aliphatic heterocycles. The maximum absolute atomic E-state index is 13.9. The average molecular weight is 271 g/mol. The maximum atomic E-state index is 13.9. The Kier molecular flexibility index (Phi) is 3.10. The van der Waals surface area contributed by atoms with Crippen molar-refractivity contribution in [3.63, 3.8) is 0 Å². The van der Waals surface area contributed by atoms with Gasteiger partial charge >= 0.3 is 0 Å². The Morgan fingerprint density at radius 3 is 2.80 bits per heavy atom. The van der Waals surface area contributed by atoms with Gasteiger partial charge in [-0.25, -0.2) is 14.4 Å². The molecule has 3 rings (SSSR count). The summed E-state index contributed by atoms with van der Waals surface area (Å²) in [5.41, 5.74) is 1.06. The summed E-state index contributed by atoms with van der Waals surface area (Å²) >= 11 is 0. The SMILES string of the molecule is CCNc1nc(-c2cc3ccccc3o2)nc(C)c1F. The number of fused-ring (bicyclic) bond motifs is 1. The molecule has 0 saturated carbocycles. The van der Waals surface area contributed by atoms with Crippen molar-refractivity contribution in [3.05, 3.63) is 41.8 Å². The zero-order chi connectivity index (χ0) is 14.1. The van der Waals surface area contributed by atoms with E-state index in [9.17, 15) is 4.39 Å². The second kappa shape index (κ2) is 4.92. The Bertz CT molecular complexity index is 734. The van der Waals surface area contributed by atoms with Gasteiger partial charge in [0, 0.05) is 11.9 Å². The molecule has 5 heteroatoms. The molecule has 0 atom stereocenters. The first kappa shape index (κ1) is 12.6. The number of anilines is 1. The van der Waals surface area contributed by atoms with Gasteiger partial charge in [0.2, 0.25) is 0 Å². The van der Waals surface area contributed by atoms with E-state index in [0.717, 1.165) is 11.0 Å². The van der Waals surface area contributed by atoms with Crippen LogP contribution in [-0.4, -0.2) is 16.5 Å². The van der Waals surface area contributed by atoms with Gasteiger partial charge in [-0.05, 0) is 26.0 Å². The highest BCUT2D eigenvalue weighted by atomic mass is 19.1. The van der Waals surface area contributed by atoms with E-state index in [2.05, 4.69) is 15.3 Å². The summed E-state index contributed by atoms with van der Waals surface area (Å²) in [6, 6.07) is 9.51. The van der Waals surface area contributed by atoms with E-state index < -0.39 is 5.82 Å². The fourth-order valence-corrected chi connectivity index (χ4v) is 2.05. The normalized spacial score (nSPS) is 10.9. The van der Waals surface area contributed by atoms with Crippen LogP contribution in [0.1, 0.15) is 12.6 Å². The third kappa shape index (κ3) is 2.11. The van der Waals surface area contributed by atoms with Gasteiger partial charge in [0.15, 0.2) is 23.2 Å². The molecule has 0 amide bonds. The second-order valence-corrected chi connectivity index (χ2v) is 4.47. The Hall–Kier alpha value is -2.43. The zero-order valence-corrected chi connectivity index (χ0v) is 11.3. The van der Waals surface area contributed by atoms with Crippen molar-refractivity contribution in [2.75, 3.05) is 11.9 Å². The molecule has 3 aromatic rings. The monoisotopic (exact) mass is 271 g/mol. The third-order valence-corrected chi connectivity index (χ3v) is 3.01. The van der Waals surface area contributed by atoms with E-state index >= 15 is 0 Å². The molecular formula is C15H14FN3O. The minimum Gasteiger partial charge on any atom is -0.453 e. The van der Waals surface area contributed by atoms with Crippen molar-refractivity contribution in [1.82, 2.24) is 9.97 Å². The number of nitrogens with zero attached hydrogens (tertiary/aromatic N) is 2. The van der Waals surface area contributed by atoms with Crippen molar-refractivity contribution >= 4 is 16.8 Å². The van der Waals surface area contributed by atoms with Gasteiger partial charge in [0.05, 0.1) is 5.69 Å². The molecule has 2 aromatic heterocycles. The van der Waals surface area contributed by atoms with Crippen molar-refractivity contribution < 1.29 is 8.81 Å². The molecule has 0 unspecified atom stereocenters. The van der Waals surface area contributed by atoms with Gasteiger partial charge in [-0.1, -0.05) is 18.2 Å². The summed E-state index contributed by atoms with van der Waals surface area (Å²) in [5, 5.41) is 3.86. The molecule has 1 N–H and O–H groups in total. The number of hydrogen-bond acceptors (Lipinski definition) is 4. The van der Waals surface area contributed by atoms with Crippen LogP contribution in [0.15, 0.2) is 34.7 Å². The molecule has 0 radical (unpaired) electrons. The lowest BCUT2D eigenvalue weighted by Gasteiger charge is -2.07. The predicted octanol–water partition coefficient (Wildman–Crippen LogP) is 3.77. The zero-order valence-electron chi connectivity index (χ0n) is 11.3. The summed E-state index contributed by atoms with van der Waals surface area (Å²) in [7, 11) is 0. The number of benzene rings is 1. The standard InChI is InChI=1S/C15H14FN3O/c1-3-17-15-13(16)9(2)18-14(19-15)12-8-10-6-4-5-7-11(10)20-12/h4-8H,3H2,1-2H3,(H,17,18,19). The van der Waals surface area contributed by atoms with E-state index in [4.69, 9.17) is 4.42 Å². The Balaban J connectivity index is 2.13. The largest absolute Gasteiger partial charge is 0.453 e. The molecule has 1 aromatic carbocycles. The molecule has 0 spiro atoms. The first-order valence-electron chi connectivity index (χ1n) is 6.46. The molecule has 20 heavy (non-hydrogen) atoms. The van der Waals surface area contributed by atoms with Gasteiger partial charge in [0.1, 0.15) is 5.58 Å². The summed E-state index contributed by atoms with van der Waals surface area (Å²) < 4.78 is 19.6. The van der Waals surface area contributed by atoms with Crippen LogP contribution in [0.5, 0.6) is 0 Å². The lowest BCUT2D eigenvalue weighted by Crippen LogP contribution is -2.06. The van der Waals surface area contributed by atoms with E-state index in [1.807, 2.05) is 37.3 Å². The number of halogens is 1. The lowest BCUT2D eigenvalue weighted by molar-refractivity contribution is 0.597. The molecule has 2 heterocycles. The summed E-state index contributed by atoms with van der Waals surface area (Å²) in [6.45, 7) is 4.09. The van der Waals surface area contributed by atoms with Gasteiger partial charge in [-0.15, -0.1) is 0 Å². The quantitative estimate of drug-likeness (QED) is 0.787. The van der Waals surface area contributed by atoms with Gasteiger partial charge in [-0.3, -0.25) is 0 Å². The van der Waals surface area contributed by atoms with Crippen molar-refractivity contribution in [3.8, 4) is 11.6 Å². The summed E-state index contributed by atoms with van der Waals surface area (Å²) in [5.74, 6) is 0.701. The number of aromatic nitrogens is 2. The van der Waals surface area contributed by atoms with Gasteiger partial charge < -0.3 is 9.73 Å². The van der Waals surface area contributed by atoms with E-state index in [1.165, 1.54) is 0 Å². The first-order valence-corrected chi connectivity index (χ1v) is 6.46. The average Bonchev–Trinajstić information content (AvgIpc) is 2.87. The third-order valence-electron chi connectivity index (χ3n) is 3.01. The highest BCUT2D eigenvalue weighted by Crippen LogP contribution is 2.27. The molecule has 102 valence electrons. The number of furan rings is 1. The van der Waals surface area contributed by atoms with Crippen LogP contribution >= 0.6 is 0 Å². The minimum atomic E-state index is -0.424. The van der Waals surface area contributed by atoms with E-state index in [1.54, 1.807) is 6.92 Å². The number of aryl methyl sites for hydroxylation is 1. The fourth-order valence-electron chi connectivity index (χ4n) is 2.05. The minimum absolute atomic E-state index is 0.204. The summed E-state index contributed by atoms with van der Waals surface area (Å²) in [6.07, 6.45) is 0. The molecule has 0 saturated heterocycles. The van der Waals surface area contributed by atoms with Gasteiger partial charge in [0.25, 0.3) is 0 Å². The van der Waals surface area contributed by atoms with Crippen molar-refractivity contribution in [1.29, 1.82) is 0 Å². The maximum Gasteiger partial charge on any atom is 0.198 e. The van der Waals surface area contributed by atoms with Crippen LogP contribution in [0.25, 0.3) is 22.6 Å². The molecule has 4 nitrogen and oxygen atoms in total. The first-order chi connectivity index (χ1) is 9.69. The lowest BCUT2D eigenvalue weighted by atomic mass is 10.2. The van der Waals surface area contributed by atoms with Crippen molar-refractivity contribution in [2.45, 2.75) is 13.8 Å². The molecule has 0 fully saturated rings. The number of rotatable bonds is 3. The fraction of sp³-hybridized carbons (Fsp3) is 0.200. The highest BCUT2D eigenvalue weighted by Gasteiger charge is 2.15. The molecule has 0 aliphatic carbocycles. The van der Waals surface area contributed by atoms with E-state index in [0.29, 0.717) is 23.8 Å². The Labute approximate surface area is 115 Å². The Morgan fingerprint density at radius 1 is 1.25 bits per heavy atom. The van der Waals surface area contributed by atoms with Crippen LogP contribution in [-0.2, 0) is 0 Å². The second-order valence-electron chi connectivity index (χ2n) is 4.47. The predicted molar refractivity (Wildman–Crippen MR) is 76.1 cm³/mol. The molecular weight excluding hydrogens is 257 g/mol. The highest BCUT2D eigenvalue weighted by molar-refractivity contribution is 5.81. The Morgan fingerprint density at radius 2 is 2.05 bits per heavy atom. The van der Waals surface area contributed by atoms with Crippen LogP contribution in [0, 0.1) is 12.7 Å². The van der Waals surface area contributed by atoms with Crippen LogP contribution in [0.3, 0.4) is 0 Å². The number of para-hydroxylation sites is 1. The van der Waals surface area contributed by atoms with Gasteiger partial charge in [-0.2, -0.15) is 0 Å². The molecule has 0 aliphatic rings. The van der Waals surface area contributed by atoms with Crippen LogP contribution in [0.4, 0.5) is 10.2 Å². The smallest absolute Gasteiger partial charge is 0.198 e. The van der Waals surface area contributed by atoms with Crippen LogP contribution in [0.2, 0.25) is 0 Å². The number of hydrogen-bond donors (Lipinski definition) is 1. The van der Waals surface area contributed by atoms with E-state index in [-0.39, 0.29) is 5.82 Å². The topological polar surface area (TPSA) is 51.0 Å². The van der Waals surface area contributed by atoms with Crippen molar-refractivity contribution in [2.24, 2.45) is 0 Å². The molecule has 0 bridgehead atoms. The summed E-state index contributed by atoms with van der Waals surface area (Å²) in [4.78, 5) is 8.36.